The van der Waals surface area contributed by atoms with Crippen LogP contribution in [0.15, 0.2) is 67.4 Å². The fourth-order valence-electron chi connectivity index (χ4n) is 4.13. The lowest BCUT2D eigenvalue weighted by Crippen LogP contribution is -2.55. The molecule has 200 valence electrons. The Morgan fingerprint density at radius 2 is 1.97 bits per heavy atom. The van der Waals surface area contributed by atoms with Crippen molar-refractivity contribution in [2.75, 3.05) is 13.3 Å². The van der Waals surface area contributed by atoms with Gasteiger partial charge in [-0.2, -0.15) is 0 Å². The largest absolute Gasteiger partial charge is 0.444 e. The number of hydrogen-bond donors (Lipinski definition) is 3. The van der Waals surface area contributed by atoms with Crippen LogP contribution in [0.4, 0.5) is 4.79 Å². The number of ether oxygens (including phenoxy) is 1. The summed E-state index contributed by atoms with van der Waals surface area (Å²) in [5.41, 5.74) is 7.78. The number of allylic oxidation sites excluding steroid dienone is 5. The van der Waals surface area contributed by atoms with Gasteiger partial charge < -0.3 is 26.0 Å². The molecule has 0 saturated carbocycles. The Hall–Kier alpha value is -4.51. The average Bonchev–Trinajstić information content (AvgIpc) is 3.21. The standard InChI is InChI=1S/C27H31N5O6/c1-3-5-7-20(6-4-2)30-27(37)29-15-18-8-9-21-19(14-18)16-31(25(21)35)22-10-11-23(33)32(26(22)36)17-38-24(34)12-13-28/h3-9,14,22H,1-2,10-13,15-17,28H2,(H2,29,30,37)/b7-5-,20-6+. The SMILES string of the molecule is C=C/C=C\C(=C/C=C)NC(=O)NCc1ccc2c(c1)CN(C1CCC(=O)N(COC(=O)CCN)C1=O)C2=O. The Labute approximate surface area is 220 Å². The van der Waals surface area contributed by atoms with E-state index in [1.807, 2.05) is 0 Å². The second-order valence-electron chi connectivity index (χ2n) is 8.58. The van der Waals surface area contributed by atoms with E-state index in [4.69, 9.17) is 10.5 Å². The predicted octanol–water partition coefficient (Wildman–Crippen LogP) is 1.62. The number of piperidine rings is 1. The van der Waals surface area contributed by atoms with Gasteiger partial charge in [0.25, 0.3) is 11.8 Å². The molecule has 1 aromatic carbocycles. The molecule has 1 unspecified atom stereocenters. The van der Waals surface area contributed by atoms with Crippen molar-refractivity contribution in [1.29, 1.82) is 0 Å². The quantitative estimate of drug-likeness (QED) is 0.227. The maximum absolute atomic E-state index is 13.1. The van der Waals surface area contributed by atoms with Crippen LogP contribution in [0.1, 0.15) is 40.7 Å². The molecule has 3 rings (SSSR count). The predicted molar refractivity (Wildman–Crippen MR) is 139 cm³/mol. The van der Waals surface area contributed by atoms with Gasteiger partial charge in [-0.15, -0.1) is 0 Å². The number of imide groups is 1. The molecule has 11 nitrogen and oxygen atoms in total. The van der Waals surface area contributed by atoms with Gasteiger partial charge in [0.15, 0.2) is 6.73 Å². The normalized spacial score (nSPS) is 17.4. The van der Waals surface area contributed by atoms with E-state index >= 15 is 0 Å². The summed E-state index contributed by atoms with van der Waals surface area (Å²) < 4.78 is 4.99. The van der Waals surface area contributed by atoms with E-state index in [-0.39, 0.29) is 44.8 Å². The zero-order valence-electron chi connectivity index (χ0n) is 21.0. The molecule has 0 aromatic heterocycles. The van der Waals surface area contributed by atoms with Crippen LogP contribution in [0, 0.1) is 0 Å². The zero-order chi connectivity index (χ0) is 27.7. The molecule has 1 atom stereocenters. The van der Waals surface area contributed by atoms with Gasteiger partial charge in [-0.05, 0) is 35.8 Å². The number of likely N-dealkylation sites (tertiary alicyclic amines) is 1. The summed E-state index contributed by atoms with van der Waals surface area (Å²) in [7, 11) is 0. The summed E-state index contributed by atoms with van der Waals surface area (Å²) in [6.07, 6.45) is 8.32. The lowest BCUT2D eigenvalue weighted by atomic mass is 10.0. The lowest BCUT2D eigenvalue weighted by Gasteiger charge is -2.34. The van der Waals surface area contributed by atoms with Gasteiger partial charge in [0, 0.05) is 37.3 Å². The molecule has 0 spiro atoms. The fraction of sp³-hybridized carbons (Fsp3) is 0.296. The Kier molecular flexibility index (Phi) is 9.72. The highest BCUT2D eigenvalue weighted by molar-refractivity contribution is 6.05. The van der Waals surface area contributed by atoms with Crippen LogP contribution >= 0.6 is 0 Å². The van der Waals surface area contributed by atoms with Crippen LogP contribution in [-0.4, -0.2) is 58.8 Å². The summed E-state index contributed by atoms with van der Waals surface area (Å²) in [6, 6.07) is 3.92. The van der Waals surface area contributed by atoms with Crippen molar-refractivity contribution in [1.82, 2.24) is 20.4 Å². The molecule has 4 N–H and O–H groups in total. The monoisotopic (exact) mass is 521 g/mol. The summed E-state index contributed by atoms with van der Waals surface area (Å²) in [4.78, 5) is 64.7. The molecule has 1 saturated heterocycles. The number of amides is 5. The van der Waals surface area contributed by atoms with Crippen LogP contribution in [0.2, 0.25) is 0 Å². The van der Waals surface area contributed by atoms with E-state index in [0.717, 1.165) is 10.5 Å². The number of nitrogens with one attached hydrogen (secondary N) is 2. The Bertz CT molecular complexity index is 1200. The van der Waals surface area contributed by atoms with Gasteiger partial charge in [0.2, 0.25) is 5.91 Å². The summed E-state index contributed by atoms with van der Waals surface area (Å²) >= 11 is 0. The number of carbonyl (C=O) groups excluding carboxylic acids is 5. The fourth-order valence-corrected chi connectivity index (χ4v) is 4.13. The van der Waals surface area contributed by atoms with Gasteiger partial charge in [-0.3, -0.25) is 19.2 Å². The van der Waals surface area contributed by atoms with E-state index in [0.29, 0.717) is 16.8 Å². The molecule has 0 bridgehead atoms. The van der Waals surface area contributed by atoms with Crippen LogP contribution in [-0.2, 0) is 32.2 Å². The maximum Gasteiger partial charge on any atom is 0.319 e. The number of carbonyl (C=O) groups is 5. The first-order chi connectivity index (χ1) is 18.3. The first-order valence-electron chi connectivity index (χ1n) is 12.1. The number of esters is 1. The highest BCUT2D eigenvalue weighted by atomic mass is 16.5. The number of urea groups is 1. The Balaban J connectivity index is 1.63. The van der Waals surface area contributed by atoms with Crippen LogP contribution in [0.25, 0.3) is 0 Å². The van der Waals surface area contributed by atoms with E-state index in [2.05, 4.69) is 23.8 Å². The van der Waals surface area contributed by atoms with Crippen molar-refractivity contribution in [3.8, 4) is 0 Å². The zero-order valence-corrected chi connectivity index (χ0v) is 21.0. The van der Waals surface area contributed by atoms with Crippen LogP contribution in [0.5, 0.6) is 0 Å². The lowest BCUT2D eigenvalue weighted by molar-refractivity contribution is -0.164. The van der Waals surface area contributed by atoms with Crippen molar-refractivity contribution < 1.29 is 28.7 Å². The average molecular weight is 522 g/mol. The highest BCUT2D eigenvalue weighted by Crippen LogP contribution is 2.29. The molecular weight excluding hydrogens is 490 g/mol. The minimum absolute atomic E-state index is 0.0303. The number of nitrogens with zero attached hydrogens (tertiary/aromatic N) is 2. The van der Waals surface area contributed by atoms with Crippen molar-refractivity contribution in [2.24, 2.45) is 5.73 Å². The first-order valence-corrected chi connectivity index (χ1v) is 12.1. The smallest absolute Gasteiger partial charge is 0.319 e. The molecule has 2 heterocycles. The summed E-state index contributed by atoms with van der Waals surface area (Å²) in [5, 5.41) is 5.47. The van der Waals surface area contributed by atoms with Gasteiger partial charge in [0.1, 0.15) is 6.04 Å². The maximum atomic E-state index is 13.1. The number of fused-ring (bicyclic) bond motifs is 1. The topological polar surface area (TPSA) is 151 Å². The van der Waals surface area contributed by atoms with E-state index in [1.54, 1.807) is 48.6 Å². The molecule has 1 fully saturated rings. The third-order valence-electron chi connectivity index (χ3n) is 5.98. The number of hydrogen-bond acceptors (Lipinski definition) is 7. The van der Waals surface area contributed by atoms with Gasteiger partial charge in [-0.1, -0.05) is 43.5 Å². The van der Waals surface area contributed by atoms with Crippen molar-refractivity contribution in [3.05, 3.63) is 84.1 Å². The third-order valence-corrected chi connectivity index (χ3v) is 5.98. The van der Waals surface area contributed by atoms with Gasteiger partial charge in [-0.25, -0.2) is 9.69 Å². The van der Waals surface area contributed by atoms with E-state index in [1.165, 1.54) is 4.90 Å². The first kappa shape index (κ1) is 28.1. The molecule has 38 heavy (non-hydrogen) atoms. The summed E-state index contributed by atoms with van der Waals surface area (Å²) in [6.45, 7) is 7.18. The Morgan fingerprint density at radius 3 is 2.68 bits per heavy atom. The number of rotatable bonds is 11. The van der Waals surface area contributed by atoms with Gasteiger partial charge >= 0.3 is 12.0 Å². The molecule has 1 aromatic rings. The van der Waals surface area contributed by atoms with Gasteiger partial charge in [0.05, 0.1) is 6.42 Å². The molecule has 2 aliphatic heterocycles. The van der Waals surface area contributed by atoms with Crippen LogP contribution < -0.4 is 16.4 Å². The minimum atomic E-state index is -0.855. The second-order valence-corrected chi connectivity index (χ2v) is 8.58. The second kappa shape index (κ2) is 13.2. The van der Waals surface area contributed by atoms with Crippen LogP contribution in [0.3, 0.4) is 0 Å². The van der Waals surface area contributed by atoms with Crippen molar-refractivity contribution >= 4 is 29.7 Å². The number of nitrogens with two attached hydrogens (primary N) is 1. The van der Waals surface area contributed by atoms with Crippen molar-refractivity contribution in [3.63, 3.8) is 0 Å². The molecular formula is C27H31N5O6. The summed E-state index contributed by atoms with van der Waals surface area (Å²) in [5.74, 6) is -1.99. The molecule has 11 heteroatoms. The molecule has 0 aliphatic carbocycles. The highest BCUT2D eigenvalue weighted by Gasteiger charge is 2.43. The minimum Gasteiger partial charge on any atom is -0.444 e. The van der Waals surface area contributed by atoms with E-state index < -0.39 is 36.6 Å². The number of benzene rings is 1. The van der Waals surface area contributed by atoms with E-state index in [9.17, 15) is 24.0 Å². The molecule has 0 radical (unpaired) electrons. The van der Waals surface area contributed by atoms with Crippen molar-refractivity contribution in [2.45, 2.75) is 38.4 Å². The third kappa shape index (κ3) is 6.83. The molecule has 2 aliphatic rings. The molecule has 5 amide bonds. The Morgan fingerprint density at radius 1 is 1.18 bits per heavy atom.